The van der Waals surface area contributed by atoms with E-state index < -0.39 is 5.25 Å². The second-order valence-electron chi connectivity index (χ2n) is 8.69. The molecule has 0 aromatic heterocycles. The van der Waals surface area contributed by atoms with Crippen LogP contribution in [0.4, 0.5) is 5.69 Å². The minimum Gasteiger partial charge on any atom is -0.497 e. The highest BCUT2D eigenvalue weighted by Crippen LogP contribution is 2.39. The third kappa shape index (κ3) is 5.54. The van der Waals surface area contributed by atoms with Crippen molar-refractivity contribution in [2.45, 2.75) is 24.1 Å². The number of rotatable bonds is 7. The number of amidine groups is 1. The van der Waals surface area contributed by atoms with Gasteiger partial charge in [-0.1, -0.05) is 65.8 Å². The lowest BCUT2D eigenvalue weighted by Crippen LogP contribution is -2.25. The average Bonchev–Trinajstić information content (AvgIpc) is 3.53. The van der Waals surface area contributed by atoms with Crippen molar-refractivity contribution in [2.24, 2.45) is 10.1 Å². The molecule has 2 aliphatic heterocycles. The molecular weight excluding hydrogens is 524 g/mol. The lowest BCUT2D eigenvalue weighted by Gasteiger charge is -2.23. The fourth-order valence-electron chi connectivity index (χ4n) is 4.32. The van der Waals surface area contributed by atoms with Crippen molar-refractivity contribution in [3.8, 4) is 11.5 Å². The van der Waals surface area contributed by atoms with Gasteiger partial charge < -0.3 is 14.8 Å². The first-order valence-corrected chi connectivity index (χ1v) is 13.2. The SMILES string of the molecule is COc1ccc(OC)c(NC(=O)C[C@@H]2SC(N3N=C(c4ccc(Cl)cc4)C[C@@H]3c3ccccc3)=NC2=O)c1. The number of hydrazone groups is 1. The number of carbonyl (C=O) groups excluding carboxylic acids is 2. The standard InChI is InChI=1S/C28H25ClN4O4S/c1-36-20-12-13-24(37-2)22(14-20)30-26(34)16-25-27(35)31-28(38-25)33-23(18-6-4-3-5-7-18)15-21(32-33)17-8-10-19(29)11-9-17/h3-14,23,25H,15-16H2,1-2H3,(H,30,34)/t23-,25+/m1/s1. The van der Waals surface area contributed by atoms with Gasteiger partial charge in [-0.05, 0) is 35.4 Å². The molecule has 1 N–H and O–H groups in total. The van der Waals surface area contributed by atoms with Gasteiger partial charge in [0, 0.05) is 23.9 Å². The van der Waals surface area contributed by atoms with Crippen molar-refractivity contribution in [2.75, 3.05) is 19.5 Å². The first-order chi connectivity index (χ1) is 18.4. The molecule has 0 spiro atoms. The number of thioether (sulfide) groups is 1. The third-order valence-electron chi connectivity index (χ3n) is 6.25. The van der Waals surface area contributed by atoms with E-state index in [4.69, 9.17) is 26.2 Å². The van der Waals surface area contributed by atoms with Crippen LogP contribution in [0.5, 0.6) is 11.5 Å². The Morgan fingerprint density at radius 3 is 2.55 bits per heavy atom. The van der Waals surface area contributed by atoms with E-state index in [2.05, 4.69) is 10.3 Å². The van der Waals surface area contributed by atoms with E-state index in [1.807, 2.05) is 54.6 Å². The smallest absolute Gasteiger partial charge is 0.262 e. The van der Waals surface area contributed by atoms with E-state index >= 15 is 0 Å². The normalized spacial score (nSPS) is 18.7. The van der Waals surface area contributed by atoms with Crippen LogP contribution >= 0.6 is 23.4 Å². The number of benzene rings is 3. The summed E-state index contributed by atoms with van der Waals surface area (Å²) >= 11 is 7.33. The van der Waals surface area contributed by atoms with Crippen LogP contribution in [0.3, 0.4) is 0 Å². The van der Waals surface area contributed by atoms with Gasteiger partial charge in [-0.15, -0.1) is 0 Å². The van der Waals surface area contributed by atoms with Crippen molar-refractivity contribution >= 4 is 51.7 Å². The van der Waals surface area contributed by atoms with Crippen LogP contribution in [0.15, 0.2) is 82.9 Å². The highest BCUT2D eigenvalue weighted by Gasteiger charge is 2.39. The number of carbonyl (C=O) groups is 2. The summed E-state index contributed by atoms with van der Waals surface area (Å²) in [5.74, 6) is 0.381. The van der Waals surface area contributed by atoms with Crippen molar-refractivity contribution in [3.05, 3.63) is 88.9 Å². The van der Waals surface area contributed by atoms with Crippen LogP contribution < -0.4 is 14.8 Å². The summed E-state index contributed by atoms with van der Waals surface area (Å²) in [6.45, 7) is 0. The molecule has 2 atom stereocenters. The molecule has 0 bridgehead atoms. The molecular formula is C28H25ClN4O4S. The van der Waals surface area contributed by atoms with Crippen LogP contribution in [0.2, 0.25) is 5.02 Å². The van der Waals surface area contributed by atoms with Crippen LogP contribution in [-0.2, 0) is 9.59 Å². The van der Waals surface area contributed by atoms with Crippen molar-refractivity contribution in [1.82, 2.24) is 5.01 Å². The first-order valence-electron chi connectivity index (χ1n) is 11.9. The summed E-state index contributed by atoms with van der Waals surface area (Å²) in [6.07, 6.45) is 0.592. The first kappa shape index (κ1) is 25.8. The van der Waals surface area contributed by atoms with Crippen LogP contribution in [0.1, 0.15) is 30.0 Å². The van der Waals surface area contributed by atoms with Crippen molar-refractivity contribution in [1.29, 1.82) is 0 Å². The molecule has 8 nitrogen and oxygen atoms in total. The Labute approximate surface area is 229 Å². The number of methoxy groups -OCH3 is 2. The molecule has 38 heavy (non-hydrogen) atoms. The quantitative estimate of drug-likeness (QED) is 0.417. The number of hydrogen-bond donors (Lipinski definition) is 1. The maximum atomic E-state index is 12.9. The lowest BCUT2D eigenvalue weighted by atomic mass is 9.99. The van der Waals surface area contributed by atoms with E-state index in [-0.39, 0.29) is 24.3 Å². The fourth-order valence-corrected chi connectivity index (χ4v) is 5.51. The summed E-state index contributed by atoms with van der Waals surface area (Å²) in [5.41, 5.74) is 3.35. The molecule has 3 aromatic carbocycles. The second kappa shape index (κ2) is 11.3. The zero-order valence-electron chi connectivity index (χ0n) is 20.8. The van der Waals surface area contributed by atoms with Gasteiger partial charge in [0.1, 0.15) is 16.7 Å². The van der Waals surface area contributed by atoms with Gasteiger partial charge in [0.25, 0.3) is 5.91 Å². The van der Waals surface area contributed by atoms with Crippen LogP contribution in [0.25, 0.3) is 0 Å². The zero-order valence-corrected chi connectivity index (χ0v) is 22.3. The molecule has 0 saturated heterocycles. The summed E-state index contributed by atoms with van der Waals surface area (Å²) in [7, 11) is 3.06. The average molecular weight is 549 g/mol. The Kier molecular flexibility index (Phi) is 7.67. The van der Waals surface area contributed by atoms with Gasteiger partial charge >= 0.3 is 0 Å². The number of ether oxygens (including phenoxy) is 2. The van der Waals surface area contributed by atoms with Gasteiger partial charge in [0.2, 0.25) is 5.91 Å². The number of aliphatic imine (C=N–C) groups is 1. The van der Waals surface area contributed by atoms with Crippen LogP contribution in [0, 0.1) is 0 Å². The van der Waals surface area contributed by atoms with Gasteiger partial charge in [0.05, 0.1) is 31.7 Å². The second-order valence-corrected chi connectivity index (χ2v) is 10.3. The summed E-state index contributed by atoms with van der Waals surface area (Å²) < 4.78 is 10.6. The predicted octanol–water partition coefficient (Wildman–Crippen LogP) is 5.54. The number of anilines is 1. The monoisotopic (exact) mass is 548 g/mol. The molecule has 10 heteroatoms. The molecule has 5 rings (SSSR count). The zero-order chi connectivity index (χ0) is 26.6. The highest BCUT2D eigenvalue weighted by atomic mass is 35.5. The Bertz CT molecular complexity index is 1410. The minimum absolute atomic E-state index is 0.0472. The molecule has 0 aliphatic carbocycles. The molecule has 0 radical (unpaired) electrons. The molecule has 0 unspecified atom stereocenters. The van der Waals surface area contributed by atoms with Crippen LogP contribution in [-0.4, -0.2) is 47.2 Å². The van der Waals surface area contributed by atoms with Gasteiger partial charge in [-0.2, -0.15) is 10.1 Å². The number of nitrogens with one attached hydrogen (secondary N) is 1. The van der Waals surface area contributed by atoms with E-state index in [9.17, 15) is 9.59 Å². The Balaban J connectivity index is 1.33. The minimum atomic E-state index is -0.659. The maximum Gasteiger partial charge on any atom is 0.262 e. The van der Waals surface area contributed by atoms with E-state index in [0.29, 0.717) is 33.8 Å². The van der Waals surface area contributed by atoms with Crippen molar-refractivity contribution < 1.29 is 19.1 Å². The van der Waals surface area contributed by atoms with Gasteiger partial charge in [-0.3, -0.25) is 9.59 Å². The maximum absolute atomic E-state index is 12.9. The van der Waals surface area contributed by atoms with E-state index in [1.54, 1.807) is 30.3 Å². The molecule has 2 amide bonds. The molecule has 0 saturated carbocycles. The fraction of sp³-hybridized carbons (Fsp3) is 0.214. The summed E-state index contributed by atoms with van der Waals surface area (Å²) in [6, 6.07) is 22.5. The number of halogens is 1. The highest BCUT2D eigenvalue weighted by molar-refractivity contribution is 8.15. The van der Waals surface area contributed by atoms with E-state index in [1.165, 1.54) is 18.9 Å². The molecule has 0 fully saturated rings. The third-order valence-corrected chi connectivity index (χ3v) is 7.64. The summed E-state index contributed by atoms with van der Waals surface area (Å²) in [5, 5.41) is 9.95. The molecule has 2 heterocycles. The Morgan fingerprint density at radius 2 is 1.84 bits per heavy atom. The number of amides is 2. The summed E-state index contributed by atoms with van der Waals surface area (Å²) in [4.78, 5) is 30.1. The van der Waals surface area contributed by atoms with E-state index in [0.717, 1.165) is 16.8 Å². The molecule has 194 valence electrons. The predicted molar refractivity (Wildman–Crippen MR) is 150 cm³/mol. The topological polar surface area (TPSA) is 92.6 Å². The van der Waals surface area contributed by atoms with Gasteiger partial charge in [0.15, 0.2) is 5.17 Å². The van der Waals surface area contributed by atoms with Crippen molar-refractivity contribution in [3.63, 3.8) is 0 Å². The molecule has 2 aliphatic rings. The number of hydrogen-bond acceptors (Lipinski definition) is 7. The largest absolute Gasteiger partial charge is 0.497 e. The lowest BCUT2D eigenvalue weighted by molar-refractivity contribution is -0.121. The van der Waals surface area contributed by atoms with Gasteiger partial charge in [-0.25, -0.2) is 5.01 Å². The molecule has 3 aromatic rings. The Morgan fingerprint density at radius 1 is 1.08 bits per heavy atom. The Hall–Kier alpha value is -3.82. The number of nitrogens with zero attached hydrogens (tertiary/aromatic N) is 3.